The molecule has 28 heavy (non-hydrogen) atoms. The van der Waals surface area contributed by atoms with E-state index in [2.05, 4.69) is 78.4 Å². The lowest BCUT2D eigenvalue weighted by Crippen LogP contribution is -2.43. The second kappa shape index (κ2) is 7.88. The first kappa shape index (κ1) is 18.9. The Morgan fingerprint density at radius 3 is 2.50 bits per heavy atom. The molecule has 4 heteroatoms. The van der Waals surface area contributed by atoms with E-state index in [1.807, 2.05) is 12.3 Å². The molecule has 1 N–H and O–H groups in total. The van der Waals surface area contributed by atoms with Gasteiger partial charge >= 0.3 is 0 Å². The number of rotatable bonds is 4. The van der Waals surface area contributed by atoms with Gasteiger partial charge in [0.2, 0.25) is 5.95 Å². The molecule has 1 saturated heterocycles. The summed E-state index contributed by atoms with van der Waals surface area (Å²) in [5.74, 6) is 1.59. The molecule has 0 spiro atoms. The zero-order chi connectivity index (χ0) is 19.6. The summed E-state index contributed by atoms with van der Waals surface area (Å²) in [5.41, 5.74) is 2.33. The number of benzene rings is 2. The topological polar surface area (TPSA) is 41.0 Å². The summed E-state index contributed by atoms with van der Waals surface area (Å²) in [5, 5.41) is 6.14. The van der Waals surface area contributed by atoms with E-state index in [1.165, 1.54) is 23.6 Å². The molecule has 146 valence electrons. The molecule has 0 bridgehead atoms. The van der Waals surface area contributed by atoms with Gasteiger partial charge in [0.05, 0.1) is 5.69 Å². The van der Waals surface area contributed by atoms with Crippen molar-refractivity contribution in [2.45, 2.75) is 39.2 Å². The third-order valence-electron chi connectivity index (χ3n) is 5.51. The van der Waals surface area contributed by atoms with Crippen LogP contribution >= 0.6 is 0 Å². The number of aromatic nitrogens is 2. The lowest BCUT2D eigenvalue weighted by Gasteiger charge is -2.33. The maximum Gasteiger partial charge on any atom is 0.225 e. The van der Waals surface area contributed by atoms with Gasteiger partial charge in [-0.05, 0) is 69.0 Å². The van der Waals surface area contributed by atoms with E-state index >= 15 is 0 Å². The van der Waals surface area contributed by atoms with E-state index in [1.54, 1.807) is 0 Å². The Balaban J connectivity index is 1.45. The van der Waals surface area contributed by atoms with Crippen LogP contribution in [0.2, 0.25) is 0 Å². The standard InChI is InChI=1S/C24H30N4/c1-24(2,3)26-17-18-11-14-28(15-12-18)23-25-13-10-22(27-23)21-9-8-19-6-4-5-7-20(19)16-21/h4-10,13,16,18,26H,11-12,14-15,17H2,1-3H3. The number of hydrogen-bond acceptors (Lipinski definition) is 4. The van der Waals surface area contributed by atoms with Crippen molar-refractivity contribution in [3.63, 3.8) is 0 Å². The monoisotopic (exact) mass is 374 g/mol. The molecule has 0 aliphatic carbocycles. The maximum absolute atomic E-state index is 4.88. The van der Waals surface area contributed by atoms with Gasteiger partial charge in [0.15, 0.2) is 0 Å². The molecule has 1 aliphatic rings. The second-order valence-electron chi connectivity index (χ2n) is 8.87. The molecule has 1 fully saturated rings. The second-order valence-corrected chi connectivity index (χ2v) is 8.87. The Bertz CT molecular complexity index is 936. The Kier molecular flexibility index (Phi) is 5.31. The highest BCUT2D eigenvalue weighted by Gasteiger charge is 2.22. The van der Waals surface area contributed by atoms with Crippen molar-refractivity contribution in [1.29, 1.82) is 0 Å². The molecule has 2 aromatic carbocycles. The molecule has 0 radical (unpaired) electrons. The Morgan fingerprint density at radius 1 is 1.00 bits per heavy atom. The number of nitrogens with one attached hydrogen (secondary N) is 1. The van der Waals surface area contributed by atoms with Crippen molar-refractivity contribution in [2.75, 3.05) is 24.5 Å². The summed E-state index contributed by atoms with van der Waals surface area (Å²) in [6, 6.07) is 17.0. The van der Waals surface area contributed by atoms with Crippen molar-refractivity contribution >= 4 is 16.7 Å². The number of nitrogens with zero attached hydrogens (tertiary/aromatic N) is 3. The minimum atomic E-state index is 0.189. The quantitative estimate of drug-likeness (QED) is 0.705. The fraction of sp³-hybridized carbons (Fsp3) is 0.417. The first-order valence-electron chi connectivity index (χ1n) is 10.3. The van der Waals surface area contributed by atoms with Crippen LogP contribution in [-0.2, 0) is 0 Å². The molecule has 3 aromatic rings. The Hall–Kier alpha value is -2.46. The zero-order valence-corrected chi connectivity index (χ0v) is 17.2. The summed E-state index contributed by atoms with van der Waals surface area (Å²) in [6.07, 6.45) is 4.26. The molecule has 4 rings (SSSR count). The van der Waals surface area contributed by atoms with Gasteiger partial charge in [-0.3, -0.25) is 0 Å². The van der Waals surface area contributed by atoms with Crippen LogP contribution in [0.25, 0.3) is 22.0 Å². The van der Waals surface area contributed by atoms with Crippen molar-refractivity contribution < 1.29 is 0 Å². The molecule has 2 heterocycles. The van der Waals surface area contributed by atoms with Gasteiger partial charge in [-0.1, -0.05) is 36.4 Å². The molecule has 1 aliphatic heterocycles. The SMILES string of the molecule is CC(C)(C)NCC1CCN(c2nccc(-c3ccc4ccccc4c3)n2)CC1. The van der Waals surface area contributed by atoms with E-state index in [-0.39, 0.29) is 5.54 Å². The highest BCUT2D eigenvalue weighted by molar-refractivity contribution is 5.86. The summed E-state index contributed by atoms with van der Waals surface area (Å²) >= 11 is 0. The van der Waals surface area contributed by atoms with Crippen molar-refractivity contribution in [2.24, 2.45) is 5.92 Å². The highest BCUT2D eigenvalue weighted by Crippen LogP contribution is 2.26. The molecule has 0 atom stereocenters. The molecule has 0 amide bonds. The maximum atomic E-state index is 4.88. The smallest absolute Gasteiger partial charge is 0.225 e. The Labute approximate surface area is 168 Å². The predicted octanol–water partition coefficient (Wildman–Crippen LogP) is 4.90. The predicted molar refractivity (Wildman–Crippen MR) is 118 cm³/mol. The highest BCUT2D eigenvalue weighted by atomic mass is 15.3. The Morgan fingerprint density at radius 2 is 1.75 bits per heavy atom. The van der Waals surface area contributed by atoms with Gasteiger partial charge in [0.1, 0.15) is 0 Å². The fourth-order valence-electron chi connectivity index (χ4n) is 3.80. The molecular formula is C24H30N4. The summed E-state index contributed by atoms with van der Waals surface area (Å²) < 4.78 is 0. The number of fused-ring (bicyclic) bond motifs is 1. The summed E-state index contributed by atoms with van der Waals surface area (Å²) in [7, 11) is 0. The third kappa shape index (κ3) is 4.50. The molecule has 4 nitrogen and oxygen atoms in total. The van der Waals surface area contributed by atoms with Crippen molar-refractivity contribution in [3.05, 3.63) is 54.7 Å². The number of anilines is 1. The van der Waals surface area contributed by atoms with E-state index in [9.17, 15) is 0 Å². The van der Waals surface area contributed by atoms with Gasteiger partial charge in [-0.2, -0.15) is 0 Å². The van der Waals surface area contributed by atoms with Crippen LogP contribution in [0.1, 0.15) is 33.6 Å². The van der Waals surface area contributed by atoms with Gasteiger partial charge in [0, 0.05) is 30.4 Å². The van der Waals surface area contributed by atoms with Crippen LogP contribution in [0.3, 0.4) is 0 Å². The van der Waals surface area contributed by atoms with Crippen LogP contribution in [0, 0.1) is 5.92 Å². The third-order valence-corrected chi connectivity index (χ3v) is 5.51. The first-order valence-corrected chi connectivity index (χ1v) is 10.3. The molecule has 0 saturated carbocycles. The van der Waals surface area contributed by atoms with Crippen LogP contribution < -0.4 is 10.2 Å². The van der Waals surface area contributed by atoms with E-state index in [0.29, 0.717) is 0 Å². The fourth-order valence-corrected chi connectivity index (χ4v) is 3.80. The largest absolute Gasteiger partial charge is 0.341 e. The lowest BCUT2D eigenvalue weighted by molar-refractivity contribution is 0.328. The molecular weight excluding hydrogens is 344 g/mol. The van der Waals surface area contributed by atoms with E-state index in [4.69, 9.17) is 4.98 Å². The van der Waals surface area contributed by atoms with Crippen molar-refractivity contribution in [1.82, 2.24) is 15.3 Å². The van der Waals surface area contributed by atoms with Crippen LogP contribution in [0.15, 0.2) is 54.7 Å². The summed E-state index contributed by atoms with van der Waals surface area (Å²) in [6.45, 7) is 9.83. The van der Waals surface area contributed by atoms with Crippen molar-refractivity contribution in [3.8, 4) is 11.3 Å². The van der Waals surface area contributed by atoms with Crippen LogP contribution in [0.5, 0.6) is 0 Å². The van der Waals surface area contributed by atoms with E-state index in [0.717, 1.165) is 42.8 Å². The van der Waals surface area contributed by atoms with Gasteiger partial charge < -0.3 is 10.2 Å². The van der Waals surface area contributed by atoms with Gasteiger partial charge in [-0.15, -0.1) is 0 Å². The molecule has 1 aromatic heterocycles. The average molecular weight is 375 g/mol. The van der Waals surface area contributed by atoms with Crippen LogP contribution in [0.4, 0.5) is 5.95 Å². The first-order chi connectivity index (χ1) is 13.5. The average Bonchev–Trinajstić information content (AvgIpc) is 2.72. The minimum absolute atomic E-state index is 0.189. The summed E-state index contributed by atoms with van der Waals surface area (Å²) in [4.78, 5) is 11.8. The zero-order valence-electron chi connectivity index (χ0n) is 17.2. The molecule has 0 unspecified atom stereocenters. The number of hydrogen-bond donors (Lipinski definition) is 1. The lowest BCUT2D eigenvalue weighted by atomic mass is 9.95. The van der Waals surface area contributed by atoms with E-state index < -0.39 is 0 Å². The normalized spacial score (nSPS) is 15.9. The van der Waals surface area contributed by atoms with Gasteiger partial charge in [0.25, 0.3) is 0 Å². The minimum Gasteiger partial charge on any atom is -0.341 e. The number of piperidine rings is 1. The van der Waals surface area contributed by atoms with Gasteiger partial charge in [-0.25, -0.2) is 9.97 Å². The van der Waals surface area contributed by atoms with Crippen LogP contribution in [-0.4, -0.2) is 35.1 Å².